The van der Waals surface area contributed by atoms with Gasteiger partial charge in [0.1, 0.15) is 0 Å². The van der Waals surface area contributed by atoms with Crippen molar-refractivity contribution in [1.29, 1.82) is 0 Å². The lowest BCUT2D eigenvalue weighted by molar-refractivity contribution is 0.885. The van der Waals surface area contributed by atoms with Crippen molar-refractivity contribution in [2.24, 2.45) is 0 Å². The molecule has 2 heteroatoms. The van der Waals surface area contributed by atoms with E-state index in [0.717, 1.165) is 16.6 Å². The van der Waals surface area contributed by atoms with E-state index in [9.17, 15) is 0 Å². The van der Waals surface area contributed by atoms with Crippen molar-refractivity contribution in [2.45, 2.75) is 13.0 Å². The van der Waals surface area contributed by atoms with Crippen molar-refractivity contribution < 1.29 is 0 Å². The summed E-state index contributed by atoms with van der Waals surface area (Å²) < 4.78 is 0. The van der Waals surface area contributed by atoms with Gasteiger partial charge in [-0.1, -0.05) is 36.4 Å². The first-order chi connectivity index (χ1) is 9.33. The normalized spacial score (nSPS) is 12.3. The van der Waals surface area contributed by atoms with Gasteiger partial charge in [-0.2, -0.15) is 0 Å². The number of rotatable bonds is 3. The molecule has 2 nitrogen and oxygen atoms in total. The first-order valence-corrected chi connectivity index (χ1v) is 6.49. The van der Waals surface area contributed by atoms with Crippen LogP contribution in [0.1, 0.15) is 18.5 Å². The molecule has 0 saturated carbocycles. The Morgan fingerprint density at radius 1 is 0.947 bits per heavy atom. The number of pyridine rings is 1. The van der Waals surface area contributed by atoms with E-state index in [4.69, 9.17) is 0 Å². The van der Waals surface area contributed by atoms with Gasteiger partial charge in [0.2, 0.25) is 0 Å². The van der Waals surface area contributed by atoms with E-state index in [1.165, 1.54) is 5.56 Å². The van der Waals surface area contributed by atoms with Crippen LogP contribution in [0.3, 0.4) is 0 Å². The number of aromatic nitrogens is 1. The molecule has 1 heterocycles. The zero-order valence-electron chi connectivity index (χ0n) is 10.9. The molecule has 0 fully saturated rings. The largest absolute Gasteiger partial charge is 0.379 e. The smallest absolute Gasteiger partial charge is 0.0703 e. The van der Waals surface area contributed by atoms with Gasteiger partial charge in [-0.25, -0.2) is 0 Å². The lowest BCUT2D eigenvalue weighted by atomic mass is 10.1. The molecule has 0 spiro atoms. The second-order valence-corrected chi connectivity index (χ2v) is 4.69. The van der Waals surface area contributed by atoms with Crippen molar-refractivity contribution in [3.05, 3.63) is 72.4 Å². The van der Waals surface area contributed by atoms with Crippen molar-refractivity contribution >= 4 is 16.6 Å². The quantitative estimate of drug-likeness (QED) is 0.742. The molecule has 0 bridgehead atoms. The maximum absolute atomic E-state index is 4.33. The summed E-state index contributed by atoms with van der Waals surface area (Å²) in [6.45, 7) is 2.17. The standard InChI is InChI=1S/C17H16N2/c1-13(14-6-3-2-4-7-14)19-16-9-10-17-15(12-16)8-5-11-18-17/h2-13,19H,1H3. The molecule has 0 saturated heterocycles. The molecule has 2 aromatic carbocycles. The van der Waals surface area contributed by atoms with Crippen LogP contribution < -0.4 is 5.32 Å². The lowest BCUT2D eigenvalue weighted by Crippen LogP contribution is -2.06. The zero-order valence-corrected chi connectivity index (χ0v) is 10.9. The summed E-state index contributed by atoms with van der Waals surface area (Å²) in [6.07, 6.45) is 1.82. The summed E-state index contributed by atoms with van der Waals surface area (Å²) in [5.74, 6) is 0. The number of hydrogen-bond acceptors (Lipinski definition) is 2. The minimum atomic E-state index is 0.287. The van der Waals surface area contributed by atoms with Gasteiger partial charge in [-0.05, 0) is 36.8 Å². The number of benzene rings is 2. The van der Waals surface area contributed by atoms with Crippen molar-refractivity contribution in [2.75, 3.05) is 5.32 Å². The molecule has 3 rings (SSSR count). The van der Waals surface area contributed by atoms with Gasteiger partial charge >= 0.3 is 0 Å². The van der Waals surface area contributed by atoms with Crippen LogP contribution in [0.4, 0.5) is 5.69 Å². The monoisotopic (exact) mass is 248 g/mol. The molecule has 1 unspecified atom stereocenters. The number of anilines is 1. The summed E-state index contributed by atoms with van der Waals surface area (Å²) in [6, 6.07) is 21.1. The van der Waals surface area contributed by atoms with E-state index in [1.54, 1.807) is 0 Å². The molecule has 19 heavy (non-hydrogen) atoms. The molecule has 0 aliphatic carbocycles. The Labute approximate surface area is 113 Å². The van der Waals surface area contributed by atoms with E-state index >= 15 is 0 Å². The fourth-order valence-corrected chi connectivity index (χ4v) is 2.24. The number of fused-ring (bicyclic) bond motifs is 1. The van der Waals surface area contributed by atoms with Gasteiger partial charge in [0, 0.05) is 23.3 Å². The Hall–Kier alpha value is -2.35. The summed E-state index contributed by atoms with van der Waals surface area (Å²) in [5.41, 5.74) is 3.44. The Morgan fingerprint density at radius 3 is 2.63 bits per heavy atom. The second kappa shape index (κ2) is 5.11. The molecular weight excluding hydrogens is 232 g/mol. The molecule has 3 aromatic rings. The minimum Gasteiger partial charge on any atom is -0.379 e. The van der Waals surface area contributed by atoms with Crippen molar-refractivity contribution in [3.8, 4) is 0 Å². The molecule has 94 valence electrons. The van der Waals surface area contributed by atoms with Crippen molar-refractivity contribution in [3.63, 3.8) is 0 Å². The Balaban J connectivity index is 1.85. The van der Waals surface area contributed by atoms with Gasteiger partial charge in [-0.3, -0.25) is 4.98 Å². The molecule has 0 amide bonds. The highest BCUT2D eigenvalue weighted by atomic mass is 14.9. The topological polar surface area (TPSA) is 24.9 Å². The van der Waals surface area contributed by atoms with E-state index in [2.05, 4.69) is 65.8 Å². The zero-order chi connectivity index (χ0) is 13.1. The Kier molecular flexibility index (Phi) is 3.15. The minimum absolute atomic E-state index is 0.287. The first-order valence-electron chi connectivity index (χ1n) is 6.49. The number of hydrogen-bond donors (Lipinski definition) is 1. The van der Waals surface area contributed by atoms with Crippen LogP contribution in [0.25, 0.3) is 10.9 Å². The van der Waals surface area contributed by atoms with Crippen LogP contribution in [-0.4, -0.2) is 4.98 Å². The highest BCUT2D eigenvalue weighted by Gasteiger charge is 2.04. The summed E-state index contributed by atoms with van der Waals surface area (Å²) >= 11 is 0. The van der Waals surface area contributed by atoms with Gasteiger partial charge < -0.3 is 5.32 Å². The fraction of sp³-hybridized carbons (Fsp3) is 0.118. The molecule has 1 N–H and O–H groups in total. The van der Waals surface area contributed by atoms with E-state index in [1.807, 2.05) is 18.3 Å². The third kappa shape index (κ3) is 2.58. The highest BCUT2D eigenvalue weighted by molar-refractivity contribution is 5.82. The fourth-order valence-electron chi connectivity index (χ4n) is 2.24. The van der Waals surface area contributed by atoms with Crippen LogP contribution in [0.5, 0.6) is 0 Å². The predicted molar refractivity (Wildman–Crippen MR) is 80.2 cm³/mol. The van der Waals surface area contributed by atoms with Crippen LogP contribution in [0.2, 0.25) is 0 Å². The highest BCUT2D eigenvalue weighted by Crippen LogP contribution is 2.22. The average molecular weight is 248 g/mol. The maximum atomic E-state index is 4.33. The second-order valence-electron chi connectivity index (χ2n) is 4.69. The first kappa shape index (κ1) is 11.7. The molecule has 0 aliphatic rings. The van der Waals surface area contributed by atoms with Crippen molar-refractivity contribution in [1.82, 2.24) is 4.98 Å². The average Bonchev–Trinajstić information content (AvgIpc) is 2.48. The van der Waals surface area contributed by atoms with Gasteiger partial charge in [0.25, 0.3) is 0 Å². The maximum Gasteiger partial charge on any atom is 0.0703 e. The Morgan fingerprint density at radius 2 is 1.79 bits per heavy atom. The SMILES string of the molecule is CC(Nc1ccc2ncccc2c1)c1ccccc1. The lowest BCUT2D eigenvalue weighted by Gasteiger charge is -2.16. The van der Waals surface area contributed by atoms with Gasteiger partial charge in [0.15, 0.2) is 0 Å². The molecule has 1 atom stereocenters. The van der Waals surface area contributed by atoms with E-state index < -0.39 is 0 Å². The molecule has 1 aromatic heterocycles. The van der Waals surface area contributed by atoms with Crippen LogP contribution in [-0.2, 0) is 0 Å². The van der Waals surface area contributed by atoms with Crippen LogP contribution >= 0.6 is 0 Å². The molecular formula is C17H16N2. The Bertz CT molecular complexity index is 677. The van der Waals surface area contributed by atoms with Gasteiger partial charge in [-0.15, -0.1) is 0 Å². The summed E-state index contributed by atoms with van der Waals surface area (Å²) in [4.78, 5) is 4.33. The summed E-state index contributed by atoms with van der Waals surface area (Å²) in [5, 5.41) is 4.68. The van der Waals surface area contributed by atoms with E-state index in [-0.39, 0.29) is 6.04 Å². The number of nitrogens with zero attached hydrogens (tertiary/aromatic N) is 1. The van der Waals surface area contributed by atoms with Crippen LogP contribution in [0.15, 0.2) is 66.9 Å². The van der Waals surface area contributed by atoms with Gasteiger partial charge in [0.05, 0.1) is 5.52 Å². The predicted octanol–water partition coefficient (Wildman–Crippen LogP) is 4.41. The number of nitrogens with one attached hydrogen (secondary N) is 1. The van der Waals surface area contributed by atoms with E-state index in [0.29, 0.717) is 0 Å². The third-order valence-electron chi connectivity index (χ3n) is 3.29. The third-order valence-corrected chi connectivity index (χ3v) is 3.29. The van der Waals surface area contributed by atoms with Crippen LogP contribution in [0, 0.1) is 0 Å². The summed E-state index contributed by atoms with van der Waals surface area (Å²) in [7, 11) is 0. The molecule has 0 radical (unpaired) electrons. The molecule has 0 aliphatic heterocycles.